The molecule has 1 N–H and O–H groups in total. The predicted octanol–water partition coefficient (Wildman–Crippen LogP) is 3.99. The highest BCUT2D eigenvalue weighted by molar-refractivity contribution is 5.58. The van der Waals surface area contributed by atoms with E-state index in [2.05, 4.69) is 17.5 Å². The van der Waals surface area contributed by atoms with E-state index in [1.807, 2.05) is 50.2 Å². The lowest BCUT2D eigenvalue weighted by molar-refractivity contribution is 0.416. The zero-order valence-corrected chi connectivity index (χ0v) is 12.0. The van der Waals surface area contributed by atoms with Crippen molar-refractivity contribution in [3.05, 3.63) is 59.2 Å². The molecule has 0 saturated heterocycles. The summed E-state index contributed by atoms with van der Waals surface area (Å²) in [6, 6.07) is 15.7. The van der Waals surface area contributed by atoms with Crippen LogP contribution in [0, 0.1) is 25.2 Å². The Labute approximate surface area is 119 Å². The first kappa shape index (κ1) is 14.0. The number of nitrogens with one attached hydrogen (secondary N) is 1. The third-order valence-corrected chi connectivity index (χ3v) is 3.11. The fourth-order valence-electron chi connectivity index (χ4n) is 2.29. The molecule has 0 aliphatic carbocycles. The lowest BCUT2D eigenvalue weighted by Crippen LogP contribution is -2.09. The van der Waals surface area contributed by atoms with E-state index >= 15 is 0 Å². The Balaban J connectivity index is 2.32. The molecule has 20 heavy (non-hydrogen) atoms. The van der Waals surface area contributed by atoms with Crippen molar-refractivity contribution in [2.24, 2.45) is 0 Å². The monoisotopic (exact) mass is 266 g/mol. The molecule has 0 aliphatic rings. The van der Waals surface area contributed by atoms with E-state index in [9.17, 15) is 5.26 Å². The maximum Gasteiger partial charge on any atom is 0.141 e. The number of para-hydroxylation sites is 2. The van der Waals surface area contributed by atoms with Crippen LogP contribution < -0.4 is 10.1 Å². The highest BCUT2D eigenvalue weighted by Crippen LogP contribution is 2.28. The zero-order chi connectivity index (χ0) is 14.5. The first-order chi connectivity index (χ1) is 9.63. The number of hydrogen-bond donors (Lipinski definition) is 1. The number of nitriles is 1. The van der Waals surface area contributed by atoms with E-state index in [1.54, 1.807) is 7.11 Å². The van der Waals surface area contributed by atoms with Crippen molar-refractivity contribution in [3.8, 4) is 11.8 Å². The van der Waals surface area contributed by atoms with Gasteiger partial charge in [-0.15, -0.1) is 0 Å². The van der Waals surface area contributed by atoms with Gasteiger partial charge >= 0.3 is 0 Å². The summed E-state index contributed by atoms with van der Waals surface area (Å²) in [5, 5.41) is 12.7. The van der Waals surface area contributed by atoms with Gasteiger partial charge < -0.3 is 10.1 Å². The highest BCUT2D eigenvalue weighted by Gasteiger charge is 2.13. The summed E-state index contributed by atoms with van der Waals surface area (Å²) in [5.74, 6) is 0.733. The molecule has 0 fully saturated rings. The summed E-state index contributed by atoms with van der Waals surface area (Å²) >= 11 is 0. The average Bonchev–Trinajstić information content (AvgIpc) is 2.44. The van der Waals surface area contributed by atoms with E-state index in [0.29, 0.717) is 0 Å². The van der Waals surface area contributed by atoms with Crippen LogP contribution in [0.3, 0.4) is 0 Å². The van der Waals surface area contributed by atoms with Crippen LogP contribution in [-0.2, 0) is 0 Å². The molecule has 2 aromatic rings. The number of methoxy groups -OCH3 is 1. The molecule has 0 saturated carbocycles. The van der Waals surface area contributed by atoms with Gasteiger partial charge in [0.25, 0.3) is 0 Å². The van der Waals surface area contributed by atoms with Crippen molar-refractivity contribution in [3.63, 3.8) is 0 Å². The van der Waals surface area contributed by atoms with Crippen molar-refractivity contribution in [2.45, 2.75) is 19.9 Å². The van der Waals surface area contributed by atoms with Gasteiger partial charge in [-0.3, -0.25) is 0 Å². The summed E-state index contributed by atoms with van der Waals surface area (Å²) in [6.07, 6.45) is 0. The van der Waals surface area contributed by atoms with E-state index in [0.717, 1.165) is 28.1 Å². The maximum atomic E-state index is 9.43. The molecular weight excluding hydrogens is 248 g/mol. The van der Waals surface area contributed by atoms with E-state index in [-0.39, 0.29) is 0 Å². The Morgan fingerprint density at radius 2 is 1.75 bits per heavy atom. The fourth-order valence-corrected chi connectivity index (χ4v) is 2.29. The van der Waals surface area contributed by atoms with Crippen molar-refractivity contribution in [1.29, 1.82) is 5.26 Å². The normalized spacial score (nSPS) is 11.5. The Kier molecular flexibility index (Phi) is 4.27. The minimum absolute atomic E-state index is 0.398. The quantitative estimate of drug-likeness (QED) is 0.910. The SMILES string of the molecule is COc1ccccc1NC(C#N)c1cc(C)cc(C)c1. The second-order valence-electron chi connectivity index (χ2n) is 4.83. The molecular formula is C17H18N2O. The van der Waals surface area contributed by atoms with Crippen LogP contribution in [0.1, 0.15) is 22.7 Å². The van der Waals surface area contributed by atoms with Gasteiger partial charge in [-0.1, -0.05) is 41.5 Å². The van der Waals surface area contributed by atoms with Crippen molar-refractivity contribution in [1.82, 2.24) is 0 Å². The van der Waals surface area contributed by atoms with Crippen LogP contribution in [-0.4, -0.2) is 7.11 Å². The first-order valence-electron chi connectivity index (χ1n) is 6.51. The number of benzene rings is 2. The first-order valence-corrected chi connectivity index (χ1v) is 6.51. The molecule has 2 rings (SSSR count). The molecule has 102 valence electrons. The van der Waals surface area contributed by atoms with Crippen LogP contribution in [0.4, 0.5) is 5.69 Å². The van der Waals surface area contributed by atoms with Crippen LogP contribution in [0.2, 0.25) is 0 Å². The maximum absolute atomic E-state index is 9.43. The third kappa shape index (κ3) is 3.10. The summed E-state index contributed by atoms with van der Waals surface area (Å²) in [7, 11) is 1.62. The number of hydrogen-bond acceptors (Lipinski definition) is 3. The molecule has 2 aromatic carbocycles. The summed E-state index contributed by atoms with van der Waals surface area (Å²) < 4.78 is 5.30. The van der Waals surface area contributed by atoms with Crippen LogP contribution in [0.5, 0.6) is 5.75 Å². The largest absolute Gasteiger partial charge is 0.495 e. The third-order valence-electron chi connectivity index (χ3n) is 3.11. The molecule has 0 amide bonds. The van der Waals surface area contributed by atoms with E-state index in [1.165, 1.54) is 0 Å². The van der Waals surface area contributed by atoms with Gasteiger partial charge in [0.05, 0.1) is 18.9 Å². The van der Waals surface area contributed by atoms with Gasteiger partial charge in [-0.05, 0) is 31.5 Å². The standard InChI is InChI=1S/C17H18N2O/c1-12-8-13(2)10-14(9-12)16(11-18)19-15-6-4-5-7-17(15)20-3/h4-10,16,19H,1-3H3. The van der Waals surface area contributed by atoms with Gasteiger partial charge in [0.15, 0.2) is 0 Å². The van der Waals surface area contributed by atoms with Gasteiger partial charge in [0, 0.05) is 0 Å². The number of nitrogens with zero attached hydrogens (tertiary/aromatic N) is 1. The number of rotatable bonds is 4. The highest BCUT2D eigenvalue weighted by atomic mass is 16.5. The molecule has 0 aromatic heterocycles. The lowest BCUT2D eigenvalue weighted by atomic mass is 10.0. The second-order valence-corrected chi connectivity index (χ2v) is 4.83. The molecule has 1 unspecified atom stereocenters. The smallest absolute Gasteiger partial charge is 0.141 e. The number of aryl methyl sites for hydroxylation is 2. The van der Waals surface area contributed by atoms with E-state index < -0.39 is 6.04 Å². The predicted molar refractivity (Wildman–Crippen MR) is 80.9 cm³/mol. The van der Waals surface area contributed by atoms with E-state index in [4.69, 9.17) is 4.74 Å². The summed E-state index contributed by atoms with van der Waals surface area (Å²) in [5.41, 5.74) is 4.10. The fraction of sp³-hybridized carbons (Fsp3) is 0.235. The molecule has 0 aliphatic heterocycles. The minimum atomic E-state index is -0.398. The molecule has 3 heteroatoms. The molecule has 0 bridgehead atoms. The lowest BCUT2D eigenvalue weighted by Gasteiger charge is -2.16. The molecule has 0 spiro atoms. The Hall–Kier alpha value is -2.47. The second kappa shape index (κ2) is 6.12. The topological polar surface area (TPSA) is 45.0 Å². The van der Waals surface area contributed by atoms with Gasteiger partial charge in [-0.25, -0.2) is 0 Å². The Morgan fingerprint density at radius 3 is 2.35 bits per heavy atom. The van der Waals surface area contributed by atoms with Crippen molar-refractivity contribution < 1.29 is 4.74 Å². The number of ether oxygens (including phenoxy) is 1. The van der Waals surface area contributed by atoms with Crippen LogP contribution >= 0.6 is 0 Å². The zero-order valence-electron chi connectivity index (χ0n) is 12.0. The molecule has 1 atom stereocenters. The molecule has 0 radical (unpaired) electrons. The van der Waals surface area contributed by atoms with Gasteiger partial charge in [0.2, 0.25) is 0 Å². The van der Waals surface area contributed by atoms with Crippen LogP contribution in [0.25, 0.3) is 0 Å². The average molecular weight is 266 g/mol. The van der Waals surface area contributed by atoms with Crippen LogP contribution in [0.15, 0.2) is 42.5 Å². The summed E-state index contributed by atoms with van der Waals surface area (Å²) in [6.45, 7) is 4.07. The summed E-state index contributed by atoms with van der Waals surface area (Å²) in [4.78, 5) is 0. The van der Waals surface area contributed by atoms with Gasteiger partial charge in [-0.2, -0.15) is 5.26 Å². The Morgan fingerprint density at radius 1 is 1.10 bits per heavy atom. The van der Waals surface area contributed by atoms with Crippen molar-refractivity contribution >= 4 is 5.69 Å². The Bertz CT molecular complexity index is 623. The number of anilines is 1. The molecule has 3 nitrogen and oxygen atoms in total. The van der Waals surface area contributed by atoms with Gasteiger partial charge in [0.1, 0.15) is 11.8 Å². The minimum Gasteiger partial charge on any atom is -0.495 e. The molecule has 0 heterocycles. The van der Waals surface area contributed by atoms with Crippen molar-refractivity contribution in [2.75, 3.05) is 12.4 Å².